The van der Waals surface area contributed by atoms with Gasteiger partial charge >= 0.3 is 0 Å². The summed E-state index contributed by atoms with van der Waals surface area (Å²) in [7, 11) is 1.66. The van der Waals surface area contributed by atoms with Gasteiger partial charge in [0.1, 0.15) is 5.82 Å². The number of nitrogens with two attached hydrogens (primary N) is 1. The van der Waals surface area contributed by atoms with Crippen molar-refractivity contribution in [2.24, 2.45) is 5.73 Å². The van der Waals surface area contributed by atoms with Crippen LogP contribution in [-0.4, -0.2) is 22.8 Å². The summed E-state index contributed by atoms with van der Waals surface area (Å²) >= 11 is 4.65. The topological polar surface area (TPSA) is 46.3 Å². The molecule has 0 fully saturated rings. The Morgan fingerprint density at radius 2 is 2.00 bits per heavy atom. The Labute approximate surface area is 99.0 Å². The van der Waals surface area contributed by atoms with Crippen molar-refractivity contribution >= 4 is 23.1 Å². The quantitative estimate of drug-likeness (QED) is 0.810. The molecule has 0 unspecified atom stereocenters. The van der Waals surface area contributed by atoms with Gasteiger partial charge in [0.15, 0.2) is 0 Å². The lowest BCUT2D eigenvalue weighted by Crippen LogP contribution is -2.29. The van der Waals surface area contributed by atoms with Crippen LogP contribution in [0.3, 0.4) is 0 Å². The molecule has 0 radical (unpaired) electrons. The number of hydrogen-bond donors (Lipinski definition) is 1. The van der Waals surface area contributed by atoms with Crippen LogP contribution in [0, 0.1) is 5.82 Å². The Morgan fingerprint density at radius 1 is 1.44 bits per heavy atom. The first kappa shape index (κ1) is 12.6. The molecule has 0 aliphatic carbocycles. The molecule has 0 heterocycles. The van der Waals surface area contributed by atoms with Crippen molar-refractivity contribution in [1.29, 1.82) is 0 Å². The Kier molecular flexibility index (Phi) is 4.37. The second-order valence-corrected chi connectivity index (χ2v) is 4.04. The van der Waals surface area contributed by atoms with Crippen molar-refractivity contribution in [1.82, 2.24) is 4.90 Å². The van der Waals surface area contributed by atoms with Gasteiger partial charge in [-0.05, 0) is 17.7 Å². The van der Waals surface area contributed by atoms with E-state index in [4.69, 9.17) is 5.73 Å². The summed E-state index contributed by atoms with van der Waals surface area (Å²) in [4.78, 5) is 13.2. The molecule has 0 atom stereocenters. The van der Waals surface area contributed by atoms with Gasteiger partial charge in [-0.1, -0.05) is 24.4 Å². The van der Waals surface area contributed by atoms with E-state index in [1.807, 2.05) is 0 Å². The number of carbonyl (C=O) groups excluding carboxylic acids is 1. The molecule has 0 aromatic heterocycles. The van der Waals surface area contributed by atoms with Gasteiger partial charge in [0, 0.05) is 13.6 Å². The largest absolute Gasteiger partial charge is 0.393 e. The van der Waals surface area contributed by atoms with Crippen molar-refractivity contribution in [3.05, 3.63) is 35.6 Å². The smallest absolute Gasteiger partial charge is 0.229 e. The van der Waals surface area contributed by atoms with Crippen LogP contribution in [0.15, 0.2) is 24.3 Å². The monoisotopic (exact) mass is 240 g/mol. The summed E-state index contributed by atoms with van der Waals surface area (Å²) in [6, 6.07) is 6.00. The third-order valence-corrected chi connectivity index (χ3v) is 2.23. The molecule has 86 valence electrons. The van der Waals surface area contributed by atoms with Gasteiger partial charge in [0.2, 0.25) is 5.91 Å². The first-order valence-electron chi connectivity index (χ1n) is 4.75. The van der Waals surface area contributed by atoms with Crippen molar-refractivity contribution in [2.75, 3.05) is 7.05 Å². The molecule has 0 bridgehead atoms. The number of nitrogens with zero attached hydrogens (tertiary/aromatic N) is 1. The molecule has 1 rings (SSSR count). The fraction of sp³-hybridized carbons (Fsp3) is 0.273. The summed E-state index contributed by atoms with van der Waals surface area (Å²) in [6.45, 7) is 0.418. The third kappa shape index (κ3) is 3.94. The van der Waals surface area contributed by atoms with E-state index in [-0.39, 0.29) is 23.1 Å². The van der Waals surface area contributed by atoms with Gasteiger partial charge in [0.05, 0.1) is 11.4 Å². The minimum atomic E-state index is -0.291. The van der Waals surface area contributed by atoms with E-state index in [2.05, 4.69) is 12.2 Å². The van der Waals surface area contributed by atoms with Crippen LogP contribution < -0.4 is 5.73 Å². The van der Waals surface area contributed by atoms with Gasteiger partial charge in [-0.2, -0.15) is 0 Å². The molecule has 5 heteroatoms. The zero-order valence-corrected chi connectivity index (χ0v) is 9.76. The lowest BCUT2D eigenvalue weighted by Gasteiger charge is -2.16. The van der Waals surface area contributed by atoms with Crippen molar-refractivity contribution in [3.63, 3.8) is 0 Å². The molecular formula is C11H13FN2OS. The van der Waals surface area contributed by atoms with Crippen molar-refractivity contribution in [3.8, 4) is 0 Å². The molecule has 2 N–H and O–H groups in total. The van der Waals surface area contributed by atoms with Crippen LogP contribution >= 0.6 is 12.2 Å². The van der Waals surface area contributed by atoms with E-state index >= 15 is 0 Å². The minimum Gasteiger partial charge on any atom is -0.393 e. The number of thiocarbonyl (C=S) groups is 1. The Balaban J connectivity index is 2.57. The average Bonchev–Trinajstić information content (AvgIpc) is 2.20. The van der Waals surface area contributed by atoms with E-state index in [9.17, 15) is 9.18 Å². The Bertz CT molecular complexity index is 391. The SMILES string of the molecule is CN(Cc1ccc(F)cc1)C(=O)CC(N)=S. The van der Waals surface area contributed by atoms with E-state index in [1.165, 1.54) is 17.0 Å². The molecule has 0 spiro atoms. The number of carbonyl (C=O) groups is 1. The number of halogens is 1. The standard InChI is InChI=1S/C11H13FN2OS/c1-14(11(15)6-10(13)16)7-8-2-4-9(12)5-3-8/h2-5H,6-7H2,1H3,(H2,13,16). The maximum absolute atomic E-state index is 12.6. The van der Waals surface area contributed by atoms with Crippen LogP contribution in [0.2, 0.25) is 0 Å². The van der Waals surface area contributed by atoms with E-state index < -0.39 is 0 Å². The lowest BCUT2D eigenvalue weighted by atomic mass is 10.2. The Morgan fingerprint density at radius 3 is 2.50 bits per heavy atom. The van der Waals surface area contributed by atoms with Gasteiger partial charge in [-0.25, -0.2) is 4.39 Å². The first-order valence-corrected chi connectivity index (χ1v) is 5.16. The normalized spacial score (nSPS) is 9.88. The van der Waals surface area contributed by atoms with Crippen LogP contribution in [0.4, 0.5) is 4.39 Å². The molecule has 1 aromatic rings. The van der Waals surface area contributed by atoms with Crippen LogP contribution in [-0.2, 0) is 11.3 Å². The summed E-state index contributed by atoms with van der Waals surface area (Å²) in [5.74, 6) is -0.433. The van der Waals surface area contributed by atoms with E-state index in [0.29, 0.717) is 6.54 Å². The molecular weight excluding hydrogens is 227 g/mol. The molecule has 0 aliphatic heterocycles. The second kappa shape index (κ2) is 5.55. The maximum Gasteiger partial charge on any atom is 0.229 e. The first-order chi connectivity index (χ1) is 7.49. The summed E-state index contributed by atoms with van der Waals surface area (Å²) in [6.07, 6.45) is 0.0625. The maximum atomic E-state index is 12.6. The number of benzene rings is 1. The fourth-order valence-corrected chi connectivity index (χ4v) is 1.36. The fourth-order valence-electron chi connectivity index (χ4n) is 1.24. The molecule has 1 amide bonds. The van der Waals surface area contributed by atoms with Gasteiger partial charge in [0.25, 0.3) is 0 Å². The highest BCUT2D eigenvalue weighted by molar-refractivity contribution is 7.80. The highest BCUT2D eigenvalue weighted by atomic mass is 32.1. The Hall–Kier alpha value is -1.49. The molecule has 0 saturated carbocycles. The van der Waals surface area contributed by atoms with Gasteiger partial charge in [-0.15, -0.1) is 0 Å². The number of amides is 1. The molecule has 3 nitrogen and oxygen atoms in total. The lowest BCUT2D eigenvalue weighted by molar-refractivity contribution is -0.129. The number of rotatable bonds is 4. The minimum absolute atomic E-state index is 0.0625. The van der Waals surface area contributed by atoms with Crippen molar-refractivity contribution < 1.29 is 9.18 Å². The highest BCUT2D eigenvalue weighted by Crippen LogP contribution is 2.06. The van der Waals surface area contributed by atoms with Gasteiger partial charge in [-0.3, -0.25) is 4.79 Å². The average molecular weight is 240 g/mol. The van der Waals surface area contributed by atoms with Crippen LogP contribution in [0.5, 0.6) is 0 Å². The van der Waals surface area contributed by atoms with E-state index in [1.54, 1.807) is 19.2 Å². The zero-order valence-electron chi connectivity index (χ0n) is 8.94. The predicted octanol–water partition coefficient (Wildman–Crippen LogP) is 1.46. The van der Waals surface area contributed by atoms with Crippen LogP contribution in [0.25, 0.3) is 0 Å². The third-order valence-electron chi connectivity index (χ3n) is 2.08. The van der Waals surface area contributed by atoms with Crippen LogP contribution in [0.1, 0.15) is 12.0 Å². The van der Waals surface area contributed by atoms with Crippen molar-refractivity contribution in [2.45, 2.75) is 13.0 Å². The van der Waals surface area contributed by atoms with Gasteiger partial charge < -0.3 is 10.6 Å². The summed E-state index contributed by atoms with van der Waals surface area (Å²) in [5.41, 5.74) is 6.14. The predicted molar refractivity (Wildman–Crippen MR) is 64.3 cm³/mol. The molecule has 1 aromatic carbocycles. The molecule has 16 heavy (non-hydrogen) atoms. The summed E-state index contributed by atoms with van der Waals surface area (Å²) in [5, 5.41) is 0. The molecule has 0 aliphatic rings. The second-order valence-electron chi connectivity index (χ2n) is 3.52. The summed E-state index contributed by atoms with van der Waals surface area (Å²) < 4.78 is 12.6. The number of hydrogen-bond acceptors (Lipinski definition) is 2. The molecule has 0 saturated heterocycles. The zero-order chi connectivity index (χ0) is 12.1. The highest BCUT2D eigenvalue weighted by Gasteiger charge is 2.10. The van der Waals surface area contributed by atoms with E-state index in [0.717, 1.165) is 5.56 Å².